The second kappa shape index (κ2) is 6.21. The largest absolute Gasteiger partial charge is 0.0805 e. The summed E-state index contributed by atoms with van der Waals surface area (Å²) in [7, 11) is 0. The molecule has 0 aromatic heterocycles. The molecule has 0 atom stereocenters. The molecule has 0 aliphatic heterocycles. The van der Waals surface area contributed by atoms with Crippen LogP contribution in [0.15, 0.2) is 23.8 Å². The molecule has 0 amide bonds. The molecule has 1 aliphatic carbocycles. The van der Waals surface area contributed by atoms with E-state index in [2.05, 4.69) is 45.9 Å². The molecule has 0 saturated carbocycles. The van der Waals surface area contributed by atoms with E-state index in [0.717, 1.165) is 6.42 Å². The molecule has 0 spiro atoms. The third-order valence-electron chi connectivity index (χ3n) is 1.47. The van der Waals surface area contributed by atoms with Crippen LogP contribution < -0.4 is 0 Å². The van der Waals surface area contributed by atoms with Crippen LogP contribution in [-0.2, 0) is 0 Å². The molecule has 0 aromatic rings. The molecule has 0 nitrogen and oxygen atoms in total. The lowest BCUT2D eigenvalue weighted by Crippen LogP contribution is -1.85. The molecule has 0 fully saturated rings. The summed E-state index contributed by atoms with van der Waals surface area (Å²) in [6, 6.07) is 0. The van der Waals surface area contributed by atoms with E-state index in [1.807, 2.05) is 0 Å². The van der Waals surface area contributed by atoms with Crippen LogP contribution in [0.25, 0.3) is 0 Å². The Balaban J connectivity index is 0.000000292. The van der Waals surface area contributed by atoms with Crippen LogP contribution in [0.2, 0.25) is 0 Å². The quantitative estimate of drug-likeness (QED) is 0.534. The highest BCUT2D eigenvalue weighted by Crippen LogP contribution is 2.16. The Hall–Kier alpha value is -0.520. The molecule has 11 heavy (non-hydrogen) atoms. The van der Waals surface area contributed by atoms with Crippen molar-refractivity contribution in [3.8, 4) is 0 Å². The minimum absolute atomic E-state index is 0.716. The summed E-state index contributed by atoms with van der Waals surface area (Å²) in [6.07, 6.45) is 9.10. The first kappa shape index (κ1) is 10.5. The molecular formula is C11H20. The second-order valence-electron chi connectivity index (χ2n) is 3.20. The van der Waals surface area contributed by atoms with Crippen molar-refractivity contribution >= 4 is 0 Å². The van der Waals surface area contributed by atoms with E-state index in [0.29, 0.717) is 5.92 Å². The van der Waals surface area contributed by atoms with E-state index >= 15 is 0 Å². The summed E-state index contributed by atoms with van der Waals surface area (Å²) < 4.78 is 0. The minimum atomic E-state index is 0.716. The van der Waals surface area contributed by atoms with Gasteiger partial charge in [0.15, 0.2) is 0 Å². The molecule has 64 valence electrons. The molecule has 0 heteroatoms. The number of allylic oxidation sites excluding steroid dienone is 4. The number of rotatable bonds is 1. The molecule has 0 unspecified atom stereocenters. The molecule has 0 heterocycles. The van der Waals surface area contributed by atoms with Crippen molar-refractivity contribution in [1.82, 2.24) is 0 Å². The van der Waals surface area contributed by atoms with Crippen LogP contribution in [0.5, 0.6) is 0 Å². The number of hydrogen-bond donors (Lipinski definition) is 0. The predicted molar refractivity (Wildman–Crippen MR) is 52.6 cm³/mol. The van der Waals surface area contributed by atoms with Gasteiger partial charge < -0.3 is 0 Å². The van der Waals surface area contributed by atoms with E-state index in [1.165, 1.54) is 12.0 Å². The lowest BCUT2D eigenvalue weighted by Gasteiger charge is -1.99. The van der Waals surface area contributed by atoms with Gasteiger partial charge in [0, 0.05) is 0 Å². The van der Waals surface area contributed by atoms with Crippen molar-refractivity contribution in [2.24, 2.45) is 5.92 Å². The highest BCUT2D eigenvalue weighted by molar-refractivity contribution is 5.27. The Bertz CT molecular complexity index is 138. The first-order valence-corrected chi connectivity index (χ1v) is 4.58. The van der Waals surface area contributed by atoms with Crippen molar-refractivity contribution in [2.75, 3.05) is 0 Å². The molecule has 1 aliphatic rings. The maximum absolute atomic E-state index is 2.28. The van der Waals surface area contributed by atoms with Crippen LogP contribution in [-0.4, -0.2) is 0 Å². The van der Waals surface area contributed by atoms with E-state index in [9.17, 15) is 0 Å². The van der Waals surface area contributed by atoms with Gasteiger partial charge in [0.1, 0.15) is 0 Å². The molecule has 0 bridgehead atoms. The smallest absolute Gasteiger partial charge is 0.0160 e. The minimum Gasteiger partial charge on any atom is -0.0805 e. The highest BCUT2D eigenvalue weighted by Gasteiger charge is 2.00. The van der Waals surface area contributed by atoms with Gasteiger partial charge in [-0.2, -0.15) is 0 Å². The summed E-state index contributed by atoms with van der Waals surface area (Å²) >= 11 is 0. The van der Waals surface area contributed by atoms with E-state index in [1.54, 1.807) is 0 Å². The van der Waals surface area contributed by atoms with Gasteiger partial charge in [-0.25, -0.2) is 0 Å². The van der Waals surface area contributed by atoms with E-state index in [-0.39, 0.29) is 0 Å². The van der Waals surface area contributed by atoms with Gasteiger partial charge >= 0.3 is 0 Å². The Morgan fingerprint density at radius 1 is 1.36 bits per heavy atom. The standard InChI is InChI=1S/C8H12.C3H8/c1-7(2)8-5-3-4-6-8;1-3-2/h3,5-7H,4H2,1-2H3;3H2,1-2H3. The lowest BCUT2D eigenvalue weighted by molar-refractivity contribution is 0.793. The first-order chi connectivity index (χ1) is 5.22. The van der Waals surface area contributed by atoms with Gasteiger partial charge in [-0.3, -0.25) is 0 Å². The van der Waals surface area contributed by atoms with Gasteiger partial charge in [0.25, 0.3) is 0 Å². The average molecular weight is 152 g/mol. The summed E-state index contributed by atoms with van der Waals surface area (Å²) in [5, 5.41) is 0. The zero-order valence-electron chi connectivity index (χ0n) is 8.22. The van der Waals surface area contributed by atoms with Gasteiger partial charge in [0.2, 0.25) is 0 Å². The average Bonchev–Trinajstić information content (AvgIpc) is 2.38. The van der Waals surface area contributed by atoms with Crippen LogP contribution in [0.4, 0.5) is 0 Å². The fourth-order valence-corrected chi connectivity index (χ4v) is 0.904. The zero-order chi connectivity index (χ0) is 8.69. The van der Waals surface area contributed by atoms with E-state index < -0.39 is 0 Å². The SMILES string of the molecule is CC(C)C1=CCC=C1.CCC. The monoisotopic (exact) mass is 152 g/mol. The molecule has 0 radical (unpaired) electrons. The highest BCUT2D eigenvalue weighted by atomic mass is 14.1. The summed E-state index contributed by atoms with van der Waals surface area (Å²) in [5.41, 5.74) is 1.49. The molecule has 0 saturated heterocycles. The Morgan fingerprint density at radius 3 is 2.09 bits per heavy atom. The van der Waals surface area contributed by atoms with Gasteiger partial charge in [-0.05, 0) is 17.9 Å². The number of hydrogen-bond acceptors (Lipinski definition) is 0. The Morgan fingerprint density at radius 2 is 1.91 bits per heavy atom. The molecule has 0 N–H and O–H groups in total. The first-order valence-electron chi connectivity index (χ1n) is 4.58. The molecular weight excluding hydrogens is 132 g/mol. The van der Waals surface area contributed by atoms with Crippen LogP contribution in [0.1, 0.15) is 40.5 Å². The topological polar surface area (TPSA) is 0 Å². The molecule has 1 rings (SSSR count). The Kier molecular flexibility index (Phi) is 5.91. The van der Waals surface area contributed by atoms with Gasteiger partial charge in [-0.1, -0.05) is 52.3 Å². The van der Waals surface area contributed by atoms with Gasteiger partial charge in [0.05, 0.1) is 0 Å². The van der Waals surface area contributed by atoms with Crippen LogP contribution in [0.3, 0.4) is 0 Å². The van der Waals surface area contributed by atoms with E-state index in [4.69, 9.17) is 0 Å². The lowest BCUT2D eigenvalue weighted by atomic mass is 10.1. The third-order valence-corrected chi connectivity index (χ3v) is 1.47. The van der Waals surface area contributed by atoms with Crippen molar-refractivity contribution in [3.63, 3.8) is 0 Å². The normalized spacial score (nSPS) is 14.5. The van der Waals surface area contributed by atoms with Crippen LogP contribution >= 0.6 is 0 Å². The molecule has 0 aromatic carbocycles. The second-order valence-corrected chi connectivity index (χ2v) is 3.20. The van der Waals surface area contributed by atoms with Crippen molar-refractivity contribution in [2.45, 2.75) is 40.5 Å². The fraction of sp³-hybridized carbons (Fsp3) is 0.636. The van der Waals surface area contributed by atoms with Crippen molar-refractivity contribution < 1.29 is 0 Å². The summed E-state index contributed by atoms with van der Waals surface area (Å²) in [5.74, 6) is 0.716. The Labute approximate surface area is 71.0 Å². The van der Waals surface area contributed by atoms with Gasteiger partial charge in [-0.15, -0.1) is 0 Å². The fourth-order valence-electron chi connectivity index (χ4n) is 0.904. The summed E-state index contributed by atoms with van der Waals surface area (Å²) in [4.78, 5) is 0. The summed E-state index contributed by atoms with van der Waals surface area (Å²) in [6.45, 7) is 8.70. The van der Waals surface area contributed by atoms with Crippen LogP contribution in [0, 0.1) is 5.92 Å². The predicted octanol–water partition coefficient (Wildman–Crippen LogP) is 3.95. The zero-order valence-corrected chi connectivity index (χ0v) is 8.22. The third kappa shape index (κ3) is 4.83. The maximum Gasteiger partial charge on any atom is -0.0160 e. The maximum atomic E-state index is 2.28. The van der Waals surface area contributed by atoms with Crippen molar-refractivity contribution in [3.05, 3.63) is 23.8 Å². The van der Waals surface area contributed by atoms with Crippen molar-refractivity contribution in [1.29, 1.82) is 0 Å².